The molecule has 0 bridgehead atoms. The largest absolute Gasteiger partial charge is 0.497 e. The van der Waals surface area contributed by atoms with Crippen LogP contribution in [0.4, 0.5) is 0 Å². The van der Waals surface area contributed by atoms with E-state index >= 15 is 0 Å². The SMILES string of the molecule is COc1cccc([C@H]2CN(C(=O)C(=O)N3CCCCC3)C[C@@H]2N)c1. The highest BCUT2D eigenvalue weighted by Gasteiger charge is 2.37. The number of hydrogen-bond acceptors (Lipinski definition) is 4. The second kappa shape index (κ2) is 7.21. The molecule has 0 aliphatic carbocycles. The maximum Gasteiger partial charge on any atom is 0.312 e. The number of carbonyl (C=O) groups excluding carboxylic acids is 2. The summed E-state index contributed by atoms with van der Waals surface area (Å²) in [6.07, 6.45) is 3.08. The van der Waals surface area contributed by atoms with Crippen LogP contribution in [0.5, 0.6) is 5.75 Å². The highest BCUT2D eigenvalue weighted by molar-refractivity contribution is 6.35. The van der Waals surface area contributed by atoms with Crippen LogP contribution in [0.3, 0.4) is 0 Å². The quantitative estimate of drug-likeness (QED) is 0.819. The first kappa shape index (κ1) is 16.8. The van der Waals surface area contributed by atoms with Crippen molar-refractivity contribution in [2.24, 2.45) is 5.73 Å². The Balaban J connectivity index is 1.68. The smallest absolute Gasteiger partial charge is 0.312 e. The highest BCUT2D eigenvalue weighted by atomic mass is 16.5. The normalized spacial score (nSPS) is 24.1. The molecule has 6 nitrogen and oxygen atoms in total. The predicted molar refractivity (Wildman–Crippen MR) is 90.7 cm³/mol. The second-order valence-corrected chi connectivity index (χ2v) is 6.61. The van der Waals surface area contributed by atoms with Gasteiger partial charge in [0.05, 0.1) is 7.11 Å². The molecule has 2 amide bonds. The van der Waals surface area contributed by atoms with E-state index in [1.807, 2.05) is 24.3 Å². The topological polar surface area (TPSA) is 75.9 Å². The number of piperidine rings is 1. The molecule has 1 aromatic rings. The van der Waals surface area contributed by atoms with E-state index in [9.17, 15) is 9.59 Å². The molecule has 2 fully saturated rings. The molecule has 2 heterocycles. The van der Waals surface area contributed by atoms with Crippen molar-refractivity contribution in [2.75, 3.05) is 33.3 Å². The Morgan fingerprint density at radius 2 is 1.79 bits per heavy atom. The molecule has 24 heavy (non-hydrogen) atoms. The lowest BCUT2D eigenvalue weighted by Crippen LogP contribution is -2.46. The molecule has 2 atom stereocenters. The Kier molecular flexibility index (Phi) is 5.04. The fraction of sp³-hybridized carbons (Fsp3) is 0.556. The van der Waals surface area contributed by atoms with Crippen molar-refractivity contribution in [2.45, 2.75) is 31.2 Å². The first-order valence-corrected chi connectivity index (χ1v) is 8.58. The number of carbonyl (C=O) groups is 2. The van der Waals surface area contributed by atoms with Crippen LogP contribution in [0.25, 0.3) is 0 Å². The number of nitrogens with two attached hydrogens (primary N) is 1. The fourth-order valence-electron chi connectivity index (χ4n) is 3.59. The maximum atomic E-state index is 12.5. The number of amides is 2. The van der Waals surface area contributed by atoms with E-state index in [1.165, 1.54) is 0 Å². The fourth-order valence-corrected chi connectivity index (χ4v) is 3.59. The van der Waals surface area contributed by atoms with E-state index in [2.05, 4.69) is 0 Å². The van der Waals surface area contributed by atoms with Crippen molar-refractivity contribution in [3.63, 3.8) is 0 Å². The molecular weight excluding hydrogens is 306 g/mol. The standard InChI is InChI=1S/C18H25N3O3/c1-24-14-7-5-6-13(10-14)15-11-21(12-16(15)19)18(23)17(22)20-8-3-2-4-9-20/h5-7,10,15-16H,2-4,8-9,11-12,19H2,1H3/t15-,16+/m1/s1. The van der Waals surface area contributed by atoms with E-state index in [1.54, 1.807) is 16.9 Å². The molecule has 2 aliphatic rings. The molecule has 2 saturated heterocycles. The minimum absolute atomic E-state index is 0.0261. The molecule has 0 aromatic heterocycles. The molecule has 2 aliphatic heterocycles. The van der Waals surface area contributed by atoms with Crippen molar-refractivity contribution < 1.29 is 14.3 Å². The van der Waals surface area contributed by atoms with Gasteiger partial charge in [0.1, 0.15) is 5.75 Å². The van der Waals surface area contributed by atoms with Crippen LogP contribution in [-0.2, 0) is 9.59 Å². The van der Waals surface area contributed by atoms with Crippen LogP contribution in [0.2, 0.25) is 0 Å². The van der Waals surface area contributed by atoms with E-state index in [0.717, 1.165) is 30.6 Å². The van der Waals surface area contributed by atoms with Crippen LogP contribution < -0.4 is 10.5 Å². The van der Waals surface area contributed by atoms with Gasteiger partial charge in [0.25, 0.3) is 0 Å². The van der Waals surface area contributed by atoms with E-state index < -0.39 is 5.91 Å². The summed E-state index contributed by atoms with van der Waals surface area (Å²) in [6, 6.07) is 7.57. The summed E-state index contributed by atoms with van der Waals surface area (Å²) in [5, 5.41) is 0. The summed E-state index contributed by atoms with van der Waals surface area (Å²) in [6.45, 7) is 2.26. The van der Waals surface area contributed by atoms with E-state index in [0.29, 0.717) is 26.2 Å². The third kappa shape index (κ3) is 3.38. The average Bonchev–Trinajstić information content (AvgIpc) is 3.03. The third-order valence-corrected chi connectivity index (χ3v) is 5.00. The summed E-state index contributed by atoms with van der Waals surface area (Å²) in [5.74, 6) is -0.00184. The zero-order valence-electron chi connectivity index (χ0n) is 14.1. The Bertz CT molecular complexity index is 613. The second-order valence-electron chi connectivity index (χ2n) is 6.61. The maximum absolute atomic E-state index is 12.5. The molecule has 130 valence electrons. The van der Waals surface area contributed by atoms with Crippen molar-refractivity contribution in [3.05, 3.63) is 29.8 Å². The van der Waals surface area contributed by atoms with Gasteiger partial charge in [-0.25, -0.2) is 0 Å². The molecule has 0 saturated carbocycles. The molecule has 6 heteroatoms. The number of ether oxygens (including phenoxy) is 1. The Hall–Kier alpha value is -2.08. The van der Waals surface area contributed by atoms with Crippen molar-refractivity contribution in [1.82, 2.24) is 9.80 Å². The predicted octanol–water partition coefficient (Wildman–Crippen LogP) is 0.961. The van der Waals surface area contributed by atoms with Crippen LogP contribution in [0.1, 0.15) is 30.7 Å². The molecule has 0 unspecified atom stereocenters. The van der Waals surface area contributed by atoms with Crippen LogP contribution >= 0.6 is 0 Å². The van der Waals surface area contributed by atoms with Crippen LogP contribution in [-0.4, -0.2) is 60.9 Å². The van der Waals surface area contributed by atoms with Crippen molar-refractivity contribution in [3.8, 4) is 5.75 Å². The van der Waals surface area contributed by atoms with Gasteiger partial charge < -0.3 is 20.3 Å². The number of hydrogen-bond donors (Lipinski definition) is 1. The number of nitrogens with zero attached hydrogens (tertiary/aromatic N) is 2. The molecule has 3 rings (SSSR count). The van der Waals surface area contributed by atoms with Gasteiger partial charge in [-0.1, -0.05) is 12.1 Å². The minimum atomic E-state index is -0.419. The number of methoxy groups -OCH3 is 1. The lowest BCUT2D eigenvalue weighted by molar-refractivity contribution is -0.151. The van der Waals surface area contributed by atoms with Gasteiger partial charge in [0, 0.05) is 38.1 Å². The molecule has 1 aromatic carbocycles. The van der Waals surface area contributed by atoms with Crippen LogP contribution in [0.15, 0.2) is 24.3 Å². The van der Waals surface area contributed by atoms with Gasteiger partial charge in [0.15, 0.2) is 0 Å². The van der Waals surface area contributed by atoms with Gasteiger partial charge in [-0.2, -0.15) is 0 Å². The first-order chi connectivity index (χ1) is 11.6. The van der Waals surface area contributed by atoms with Gasteiger partial charge >= 0.3 is 11.8 Å². The zero-order valence-corrected chi connectivity index (χ0v) is 14.1. The molecular formula is C18H25N3O3. The van der Waals surface area contributed by atoms with Gasteiger partial charge in [-0.15, -0.1) is 0 Å². The van der Waals surface area contributed by atoms with Crippen LogP contribution in [0, 0.1) is 0 Å². The van der Waals surface area contributed by atoms with E-state index in [4.69, 9.17) is 10.5 Å². The van der Waals surface area contributed by atoms with Crippen molar-refractivity contribution in [1.29, 1.82) is 0 Å². The number of benzene rings is 1. The first-order valence-electron chi connectivity index (χ1n) is 8.58. The Morgan fingerprint density at radius 1 is 1.08 bits per heavy atom. The number of rotatable bonds is 2. The summed E-state index contributed by atoms with van der Waals surface area (Å²) < 4.78 is 5.26. The Labute approximate surface area is 142 Å². The van der Waals surface area contributed by atoms with Gasteiger partial charge in [-0.3, -0.25) is 9.59 Å². The summed E-state index contributed by atoms with van der Waals surface area (Å²) in [5.41, 5.74) is 7.29. The lowest BCUT2D eigenvalue weighted by Gasteiger charge is -2.27. The van der Waals surface area contributed by atoms with Gasteiger partial charge in [-0.05, 0) is 37.0 Å². The monoisotopic (exact) mass is 331 g/mol. The summed E-state index contributed by atoms with van der Waals surface area (Å²) in [4.78, 5) is 28.2. The molecule has 0 radical (unpaired) electrons. The van der Waals surface area contributed by atoms with Gasteiger partial charge in [0.2, 0.25) is 0 Å². The van der Waals surface area contributed by atoms with E-state index in [-0.39, 0.29) is 17.9 Å². The summed E-state index contributed by atoms with van der Waals surface area (Å²) in [7, 11) is 1.63. The zero-order chi connectivity index (χ0) is 17.1. The third-order valence-electron chi connectivity index (χ3n) is 5.00. The molecule has 2 N–H and O–H groups in total. The highest BCUT2D eigenvalue weighted by Crippen LogP contribution is 2.29. The Morgan fingerprint density at radius 3 is 2.50 bits per heavy atom. The lowest BCUT2D eigenvalue weighted by atomic mass is 9.95. The summed E-state index contributed by atoms with van der Waals surface area (Å²) >= 11 is 0. The average molecular weight is 331 g/mol. The van der Waals surface area contributed by atoms with Crippen molar-refractivity contribution >= 4 is 11.8 Å². The number of likely N-dealkylation sites (tertiary alicyclic amines) is 2. The minimum Gasteiger partial charge on any atom is -0.497 e. The molecule has 0 spiro atoms.